The number of aliphatic carboxylic acids is 1. The minimum absolute atomic E-state index is 0.105. The van der Waals surface area contributed by atoms with Gasteiger partial charge in [0.05, 0.1) is 6.04 Å². The summed E-state index contributed by atoms with van der Waals surface area (Å²) in [7, 11) is 0. The van der Waals surface area contributed by atoms with Gasteiger partial charge in [0.1, 0.15) is 11.6 Å². The molecule has 3 N–H and O–H groups in total. The predicted octanol–water partition coefficient (Wildman–Crippen LogP) is -0.441. The molecule has 6 heteroatoms. The molecule has 0 radical (unpaired) electrons. The number of carboxylic acid groups (broad SMARTS) is 1. The number of carbonyl (C=O) groups is 2. The maximum atomic E-state index is 11.1. The number of hydrogen-bond donors (Lipinski definition) is 3. The van der Waals surface area contributed by atoms with Gasteiger partial charge in [-0.05, 0) is 12.2 Å². The minimum Gasteiger partial charge on any atom is -0.480 e. The molecule has 0 aromatic heterocycles. The number of carboxylic acids is 1. The van der Waals surface area contributed by atoms with Crippen molar-refractivity contribution in [2.45, 2.75) is 30.5 Å². The first-order valence-corrected chi connectivity index (χ1v) is 4.61. The lowest BCUT2D eigenvalue weighted by atomic mass is 9.85. The molecule has 1 fully saturated rings. The van der Waals surface area contributed by atoms with E-state index >= 15 is 0 Å². The molecule has 0 unspecified atom stereocenters. The lowest BCUT2D eigenvalue weighted by Crippen LogP contribution is -2.47. The van der Waals surface area contributed by atoms with E-state index in [1.807, 2.05) is 0 Å². The van der Waals surface area contributed by atoms with Gasteiger partial charge in [0.2, 0.25) is 0 Å². The molecule has 3 atom stereocenters. The van der Waals surface area contributed by atoms with Gasteiger partial charge >= 0.3 is 5.97 Å². The zero-order valence-electron chi connectivity index (χ0n) is 7.84. The van der Waals surface area contributed by atoms with Crippen LogP contribution in [0, 0.1) is 0 Å². The molecule has 1 aliphatic heterocycles. The average molecular weight is 213 g/mol. The molecule has 1 saturated heterocycles. The fourth-order valence-electron chi connectivity index (χ4n) is 2.11. The van der Waals surface area contributed by atoms with Gasteiger partial charge in [0.25, 0.3) is 0 Å². The van der Waals surface area contributed by atoms with Crippen molar-refractivity contribution >= 4 is 11.8 Å². The third-order valence-electron chi connectivity index (χ3n) is 2.94. The maximum absolute atomic E-state index is 11.1. The van der Waals surface area contributed by atoms with Crippen molar-refractivity contribution in [1.82, 2.24) is 5.32 Å². The highest BCUT2D eigenvalue weighted by Gasteiger charge is 2.51. The second-order valence-electron chi connectivity index (χ2n) is 3.86. The number of hydrogen-bond acceptors (Lipinski definition) is 5. The lowest BCUT2D eigenvalue weighted by molar-refractivity contribution is -0.310. The van der Waals surface area contributed by atoms with E-state index in [4.69, 9.17) is 10.4 Å². The number of carbonyl (C=O) groups excluding carboxylic acids is 1. The Morgan fingerprint density at radius 1 is 1.67 bits per heavy atom. The molecule has 82 valence electrons. The predicted molar refractivity (Wildman–Crippen MR) is 48.2 cm³/mol. The van der Waals surface area contributed by atoms with Gasteiger partial charge in [-0.1, -0.05) is 0 Å². The Hall–Kier alpha value is -1.24. The van der Waals surface area contributed by atoms with E-state index in [0.29, 0.717) is 0 Å². The number of allylic oxidation sites excluding steroid dienone is 1. The first-order chi connectivity index (χ1) is 7.07. The molecule has 0 spiro atoms. The molecule has 0 amide bonds. The van der Waals surface area contributed by atoms with E-state index in [9.17, 15) is 9.59 Å². The van der Waals surface area contributed by atoms with Crippen LogP contribution in [-0.4, -0.2) is 39.8 Å². The number of rotatable bonds is 2. The van der Waals surface area contributed by atoms with Gasteiger partial charge in [-0.15, -0.1) is 0 Å². The van der Waals surface area contributed by atoms with E-state index in [0.717, 1.165) is 0 Å². The Morgan fingerprint density at radius 3 is 3.00 bits per heavy atom. The van der Waals surface area contributed by atoms with Gasteiger partial charge in [-0.2, -0.15) is 0 Å². The summed E-state index contributed by atoms with van der Waals surface area (Å²) in [5.41, 5.74) is -1.07. The van der Waals surface area contributed by atoms with Crippen molar-refractivity contribution in [3.63, 3.8) is 0 Å². The van der Waals surface area contributed by atoms with Gasteiger partial charge in [0, 0.05) is 12.8 Å². The van der Waals surface area contributed by atoms with Crippen LogP contribution >= 0.6 is 0 Å². The summed E-state index contributed by atoms with van der Waals surface area (Å²) in [5.74, 6) is -1.12. The normalized spacial score (nSPS) is 39.1. The number of nitrogens with one attached hydrogen (secondary N) is 1. The summed E-state index contributed by atoms with van der Waals surface area (Å²) in [6.07, 6.45) is 3.01. The second-order valence-corrected chi connectivity index (χ2v) is 3.86. The van der Waals surface area contributed by atoms with E-state index in [1.165, 1.54) is 12.2 Å². The Labute approximate surface area is 85.5 Å². The Balaban J connectivity index is 2.26. The molecule has 1 heterocycles. The van der Waals surface area contributed by atoms with Crippen LogP contribution in [0.25, 0.3) is 0 Å². The third-order valence-corrected chi connectivity index (χ3v) is 2.94. The molecule has 6 nitrogen and oxygen atoms in total. The largest absolute Gasteiger partial charge is 0.480 e. The average Bonchev–Trinajstić information content (AvgIpc) is 2.57. The van der Waals surface area contributed by atoms with Crippen LogP contribution in [0.1, 0.15) is 12.8 Å². The summed E-state index contributed by atoms with van der Waals surface area (Å²) in [4.78, 5) is 26.3. The van der Waals surface area contributed by atoms with Crippen LogP contribution in [-0.2, 0) is 14.5 Å². The highest BCUT2D eigenvalue weighted by Crippen LogP contribution is 2.34. The summed E-state index contributed by atoms with van der Waals surface area (Å²) in [5, 5.41) is 20.4. The minimum atomic E-state index is -1.07. The van der Waals surface area contributed by atoms with Gasteiger partial charge in [-0.25, -0.2) is 4.89 Å². The molecule has 15 heavy (non-hydrogen) atoms. The summed E-state index contributed by atoms with van der Waals surface area (Å²) >= 11 is 0. The summed E-state index contributed by atoms with van der Waals surface area (Å²) in [6.45, 7) is 0. The molecule has 2 rings (SSSR count). The zero-order valence-corrected chi connectivity index (χ0v) is 7.84. The van der Waals surface area contributed by atoms with Gasteiger partial charge < -0.3 is 5.11 Å². The van der Waals surface area contributed by atoms with Crippen molar-refractivity contribution in [2.75, 3.05) is 0 Å². The second kappa shape index (κ2) is 3.41. The number of fused-ring (bicyclic) bond motifs is 1. The SMILES string of the molecule is O=C1C=C[C@]2(OO)C[C@@H](C(=O)O)N[C@@H]2C1. The topological polar surface area (TPSA) is 95.9 Å². The van der Waals surface area contributed by atoms with Crippen LogP contribution in [0.5, 0.6) is 0 Å². The first kappa shape index (κ1) is 10.3. The molecule has 2 aliphatic rings. The lowest BCUT2D eigenvalue weighted by Gasteiger charge is -2.30. The standard InChI is InChI=1S/C9H11NO5/c11-5-1-2-9(15-14)4-6(8(12)13)10-7(9)3-5/h1-2,6-7,10,14H,3-4H2,(H,12,13)/t6-,7+,9-/m0/s1. The van der Waals surface area contributed by atoms with Gasteiger partial charge in [0.15, 0.2) is 5.78 Å². The van der Waals surface area contributed by atoms with E-state index in [-0.39, 0.29) is 18.6 Å². The van der Waals surface area contributed by atoms with Gasteiger partial charge in [-0.3, -0.25) is 20.2 Å². The van der Waals surface area contributed by atoms with E-state index in [2.05, 4.69) is 10.2 Å². The molecule has 1 aliphatic carbocycles. The molecular formula is C9H11NO5. The number of ketones is 1. The first-order valence-electron chi connectivity index (χ1n) is 4.61. The van der Waals surface area contributed by atoms with E-state index in [1.54, 1.807) is 0 Å². The third kappa shape index (κ3) is 1.56. The van der Waals surface area contributed by atoms with Crippen molar-refractivity contribution in [3.05, 3.63) is 12.2 Å². The Kier molecular flexibility index (Phi) is 2.34. The highest BCUT2D eigenvalue weighted by molar-refractivity contribution is 5.92. The highest BCUT2D eigenvalue weighted by atomic mass is 17.1. The van der Waals surface area contributed by atoms with Crippen LogP contribution in [0.15, 0.2) is 12.2 Å². The summed E-state index contributed by atoms with van der Waals surface area (Å²) in [6, 6.07) is -1.27. The smallest absolute Gasteiger partial charge is 0.320 e. The fourth-order valence-corrected chi connectivity index (χ4v) is 2.11. The molecule has 0 bridgehead atoms. The quantitative estimate of drug-likeness (QED) is 0.425. The van der Waals surface area contributed by atoms with Crippen molar-refractivity contribution in [1.29, 1.82) is 0 Å². The van der Waals surface area contributed by atoms with Crippen LogP contribution in [0.2, 0.25) is 0 Å². The monoisotopic (exact) mass is 213 g/mol. The van der Waals surface area contributed by atoms with Crippen LogP contribution < -0.4 is 5.32 Å². The zero-order chi connectivity index (χ0) is 11.1. The Bertz CT molecular complexity index is 339. The summed E-state index contributed by atoms with van der Waals surface area (Å²) < 4.78 is 0. The van der Waals surface area contributed by atoms with E-state index < -0.39 is 23.7 Å². The molecule has 0 aromatic rings. The molecule has 0 aromatic carbocycles. The van der Waals surface area contributed by atoms with Crippen LogP contribution in [0.3, 0.4) is 0 Å². The van der Waals surface area contributed by atoms with Crippen molar-refractivity contribution < 1.29 is 24.8 Å². The van der Waals surface area contributed by atoms with Crippen molar-refractivity contribution in [2.24, 2.45) is 0 Å². The van der Waals surface area contributed by atoms with Crippen LogP contribution in [0.4, 0.5) is 0 Å². The maximum Gasteiger partial charge on any atom is 0.320 e. The molecule has 0 saturated carbocycles. The van der Waals surface area contributed by atoms with Crippen molar-refractivity contribution in [3.8, 4) is 0 Å². The molecular weight excluding hydrogens is 202 g/mol. The Morgan fingerprint density at radius 2 is 2.40 bits per heavy atom. The fraction of sp³-hybridized carbons (Fsp3) is 0.556.